The zero-order valence-electron chi connectivity index (χ0n) is 8.60. The van der Waals surface area contributed by atoms with Gasteiger partial charge in [-0.1, -0.05) is 0 Å². The fourth-order valence-corrected chi connectivity index (χ4v) is 0.857. The molecule has 2 atom stereocenters. The molecule has 2 unspecified atom stereocenters. The summed E-state index contributed by atoms with van der Waals surface area (Å²) in [7, 11) is 0. The van der Waals surface area contributed by atoms with Gasteiger partial charge in [-0.05, 0) is 0 Å². The number of carboxylic acid groups (broad SMARTS) is 3. The Morgan fingerprint density at radius 2 is 1.62 bits per heavy atom. The predicted octanol–water partition coefficient (Wildman–Crippen LogP) is -9.69. The van der Waals surface area contributed by atoms with Gasteiger partial charge in [0.1, 0.15) is 11.0 Å². The minimum atomic E-state index is -3.19. The summed E-state index contributed by atoms with van der Waals surface area (Å²) in [5.74, 6) is -6.12. The molecular formula is C6H5ClNa2O7. The molecule has 0 rings (SSSR count). The molecule has 0 aliphatic carbocycles. The molecule has 0 bridgehead atoms. The molecule has 80 valence electrons. The molecule has 0 radical (unpaired) electrons. The number of hydrogen-bond acceptors (Lipinski definition) is 6. The summed E-state index contributed by atoms with van der Waals surface area (Å²) in [5, 5.41) is 35.4. The van der Waals surface area contributed by atoms with Crippen LogP contribution in [0.1, 0.15) is 6.42 Å². The van der Waals surface area contributed by atoms with Gasteiger partial charge in [-0.15, -0.1) is 11.6 Å². The van der Waals surface area contributed by atoms with Crippen LogP contribution in [0, 0.1) is 0 Å². The van der Waals surface area contributed by atoms with Gasteiger partial charge in [-0.3, -0.25) is 4.79 Å². The molecule has 0 saturated heterocycles. The fraction of sp³-hybridized carbons (Fsp3) is 0.500. The van der Waals surface area contributed by atoms with Crippen LogP contribution in [0.5, 0.6) is 0 Å². The maximum Gasteiger partial charge on any atom is 1.00 e. The second-order valence-corrected chi connectivity index (χ2v) is 2.90. The standard InChI is InChI=1S/C6H7ClO7.2Na/c7-3(4(10)11)6(14,5(12)13)1-2(8)9;;/h3,14H,1H2,(H,8,9)(H,10,11)(H,12,13);;/q;2*+1/p-2. The van der Waals surface area contributed by atoms with Crippen molar-refractivity contribution in [2.45, 2.75) is 17.4 Å². The third-order valence-corrected chi connectivity index (χ3v) is 1.94. The Kier molecular flexibility index (Phi) is 11.9. The zero-order valence-corrected chi connectivity index (χ0v) is 13.4. The van der Waals surface area contributed by atoms with Crippen LogP contribution in [-0.4, -0.2) is 39.1 Å². The molecule has 0 saturated carbocycles. The Morgan fingerprint density at radius 1 is 1.25 bits per heavy atom. The van der Waals surface area contributed by atoms with Crippen molar-refractivity contribution in [1.29, 1.82) is 0 Å². The van der Waals surface area contributed by atoms with Crippen LogP contribution in [0.4, 0.5) is 0 Å². The van der Waals surface area contributed by atoms with Crippen LogP contribution < -0.4 is 69.3 Å². The number of halogens is 1. The summed E-state index contributed by atoms with van der Waals surface area (Å²) in [6, 6.07) is 0. The van der Waals surface area contributed by atoms with Gasteiger partial charge in [0.2, 0.25) is 0 Å². The van der Waals surface area contributed by atoms with Crippen molar-refractivity contribution in [3.8, 4) is 0 Å². The number of carbonyl (C=O) groups is 3. The van der Waals surface area contributed by atoms with Gasteiger partial charge in [0, 0.05) is 0 Å². The number of aliphatic hydroxyl groups is 1. The maximum absolute atomic E-state index is 10.3. The van der Waals surface area contributed by atoms with E-state index >= 15 is 0 Å². The molecule has 10 heteroatoms. The van der Waals surface area contributed by atoms with Gasteiger partial charge < -0.3 is 30.0 Å². The van der Waals surface area contributed by atoms with Gasteiger partial charge in [0.05, 0.1) is 18.4 Å². The number of hydrogen-bond donors (Lipinski definition) is 2. The number of aliphatic carboxylic acids is 3. The van der Waals surface area contributed by atoms with Gasteiger partial charge >= 0.3 is 65.1 Å². The monoisotopic (exact) mass is 270 g/mol. The summed E-state index contributed by atoms with van der Waals surface area (Å²) in [5.41, 5.74) is -3.19. The number of rotatable bonds is 5. The molecule has 0 aromatic rings. The molecule has 2 N–H and O–H groups in total. The van der Waals surface area contributed by atoms with Gasteiger partial charge in [-0.25, -0.2) is 0 Å². The Balaban J connectivity index is -0.000000845. The van der Waals surface area contributed by atoms with Crippen molar-refractivity contribution >= 4 is 29.5 Å². The Hall–Kier alpha value is 0.660. The SMILES string of the molecule is O=C(O)CC(O)(C(=O)[O-])C(Cl)C(=O)[O-].[Na+].[Na+]. The van der Waals surface area contributed by atoms with Gasteiger partial charge in [-0.2, -0.15) is 0 Å². The van der Waals surface area contributed by atoms with Crippen LogP contribution in [0.3, 0.4) is 0 Å². The zero-order chi connectivity index (χ0) is 11.5. The van der Waals surface area contributed by atoms with Crippen LogP contribution in [0.15, 0.2) is 0 Å². The Labute approximate surface area is 139 Å². The minimum absolute atomic E-state index is 0. The first-order valence-corrected chi connectivity index (χ1v) is 3.66. The molecule has 0 aliphatic rings. The fourth-order valence-electron chi connectivity index (χ4n) is 0.691. The van der Waals surface area contributed by atoms with Crippen LogP contribution in [-0.2, 0) is 14.4 Å². The molecular weight excluding hydrogens is 265 g/mol. The molecule has 0 aromatic heterocycles. The average Bonchev–Trinajstić information content (AvgIpc) is 2.00. The summed E-state index contributed by atoms with van der Waals surface area (Å²) in [6.45, 7) is 0. The molecule has 0 amide bonds. The minimum Gasteiger partial charge on any atom is -0.548 e. The van der Waals surface area contributed by atoms with Gasteiger partial charge in [0.15, 0.2) is 0 Å². The van der Waals surface area contributed by atoms with E-state index in [9.17, 15) is 24.6 Å². The van der Waals surface area contributed by atoms with E-state index in [1.54, 1.807) is 0 Å². The molecule has 0 aromatic carbocycles. The van der Waals surface area contributed by atoms with E-state index in [0.29, 0.717) is 0 Å². The molecule has 0 heterocycles. The van der Waals surface area contributed by atoms with Crippen LogP contribution in [0.25, 0.3) is 0 Å². The van der Waals surface area contributed by atoms with E-state index in [1.165, 1.54) is 0 Å². The molecule has 0 aliphatic heterocycles. The summed E-state index contributed by atoms with van der Waals surface area (Å²) >= 11 is 4.97. The van der Waals surface area contributed by atoms with E-state index in [-0.39, 0.29) is 59.1 Å². The van der Waals surface area contributed by atoms with Crippen LogP contribution >= 0.6 is 11.6 Å². The Morgan fingerprint density at radius 3 is 1.81 bits per heavy atom. The van der Waals surface area contributed by atoms with E-state index in [4.69, 9.17) is 21.8 Å². The smallest absolute Gasteiger partial charge is 0.548 e. The third kappa shape index (κ3) is 5.83. The van der Waals surface area contributed by atoms with Crippen molar-refractivity contribution in [2.24, 2.45) is 0 Å². The summed E-state index contributed by atoms with van der Waals surface area (Å²) in [4.78, 5) is 30.6. The number of alkyl halides is 1. The molecule has 0 fully saturated rings. The Bertz CT molecular complexity index is 284. The number of carboxylic acids is 3. The molecule has 7 nitrogen and oxygen atoms in total. The summed E-state index contributed by atoms with van der Waals surface area (Å²) in [6.07, 6.45) is -1.39. The molecule has 16 heavy (non-hydrogen) atoms. The first-order valence-electron chi connectivity index (χ1n) is 3.22. The van der Waals surface area contributed by atoms with E-state index in [0.717, 1.165) is 0 Å². The topological polar surface area (TPSA) is 138 Å². The van der Waals surface area contributed by atoms with Crippen molar-refractivity contribution in [1.82, 2.24) is 0 Å². The van der Waals surface area contributed by atoms with Crippen molar-refractivity contribution in [3.63, 3.8) is 0 Å². The van der Waals surface area contributed by atoms with Gasteiger partial charge in [0.25, 0.3) is 0 Å². The molecule has 0 spiro atoms. The van der Waals surface area contributed by atoms with Crippen LogP contribution in [0.2, 0.25) is 0 Å². The predicted molar refractivity (Wildman–Crippen MR) is 36.9 cm³/mol. The summed E-state index contributed by atoms with van der Waals surface area (Å²) < 4.78 is 0. The first-order chi connectivity index (χ1) is 6.21. The van der Waals surface area contributed by atoms with E-state index in [2.05, 4.69) is 0 Å². The van der Waals surface area contributed by atoms with E-state index < -0.39 is 35.3 Å². The maximum atomic E-state index is 10.3. The third-order valence-electron chi connectivity index (χ3n) is 1.40. The van der Waals surface area contributed by atoms with Crippen molar-refractivity contribution < 1.29 is 93.9 Å². The van der Waals surface area contributed by atoms with Crippen molar-refractivity contribution in [3.05, 3.63) is 0 Å². The second-order valence-electron chi connectivity index (χ2n) is 2.46. The van der Waals surface area contributed by atoms with E-state index in [1.807, 2.05) is 0 Å². The average molecular weight is 271 g/mol. The second kappa shape index (κ2) is 8.71. The number of carbonyl (C=O) groups excluding carboxylic acids is 2. The normalized spacial score (nSPS) is 14.6. The first kappa shape index (κ1) is 21.9. The quantitative estimate of drug-likeness (QED) is 0.373. The van der Waals surface area contributed by atoms with Crippen molar-refractivity contribution in [2.75, 3.05) is 0 Å². The largest absolute Gasteiger partial charge is 1.00 e.